The molecular weight excluding hydrogens is 255 g/mol. The summed E-state index contributed by atoms with van der Waals surface area (Å²) in [5.41, 5.74) is 3.70. The third-order valence-corrected chi connectivity index (χ3v) is 3.76. The summed E-state index contributed by atoms with van der Waals surface area (Å²) < 4.78 is 19.0. The van der Waals surface area contributed by atoms with Gasteiger partial charge in [0.15, 0.2) is 5.58 Å². The minimum absolute atomic E-state index is 0.0791. The van der Waals surface area contributed by atoms with Crippen LogP contribution in [-0.2, 0) is 6.54 Å². The lowest BCUT2D eigenvalue weighted by atomic mass is 9.91. The van der Waals surface area contributed by atoms with E-state index < -0.39 is 0 Å². The van der Waals surface area contributed by atoms with Crippen LogP contribution < -0.4 is 5.32 Å². The molecule has 0 spiro atoms. The molecule has 1 aromatic heterocycles. The smallest absolute Gasteiger partial charge is 0.204 e. The van der Waals surface area contributed by atoms with E-state index in [4.69, 9.17) is 4.42 Å². The second-order valence-corrected chi connectivity index (χ2v) is 5.05. The topological polar surface area (TPSA) is 38.1 Å². The van der Waals surface area contributed by atoms with Crippen molar-refractivity contribution in [1.82, 2.24) is 10.3 Å². The van der Waals surface area contributed by atoms with Gasteiger partial charge in [-0.25, -0.2) is 9.37 Å². The average molecular weight is 268 g/mol. The SMILES string of the molecule is Fc1ccc2oc(C3CNCc4ccccc43)nc2c1. The third-order valence-electron chi connectivity index (χ3n) is 3.76. The van der Waals surface area contributed by atoms with Crippen LogP contribution >= 0.6 is 0 Å². The van der Waals surface area contributed by atoms with Gasteiger partial charge in [-0.2, -0.15) is 0 Å². The molecule has 20 heavy (non-hydrogen) atoms. The fourth-order valence-corrected chi connectivity index (χ4v) is 2.78. The van der Waals surface area contributed by atoms with Crippen LogP contribution in [0.1, 0.15) is 22.9 Å². The molecule has 1 aliphatic heterocycles. The monoisotopic (exact) mass is 268 g/mol. The maximum Gasteiger partial charge on any atom is 0.204 e. The Balaban J connectivity index is 1.84. The van der Waals surface area contributed by atoms with Gasteiger partial charge in [-0.1, -0.05) is 24.3 Å². The van der Waals surface area contributed by atoms with Crippen LogP contribution in [0, 0.1) is 5.82 Å². The van der Waals surface area contributed by atoms with Crippen molar-refractivity contribution < 1.29 is 8.81 Å². The lowest BCUT2D eigenvalue weighted by Crippen LogP contribution is -2.28. The fraction of sp³-hybridized carbons (Fsp3) is 0.188. The minimum atomic E-state index is -0.292. The Morgan fingerprint density at radius 2 is 2.10 bits per heavy atom. The summed E-state index contributed by atoms with van der Waals surface area (Å²) in [5, 5.41) is 3.37. The number of nitrogens with one attached hydrogen (secondary N) is 1. The van der Waals surface area contributed by atoms with Crippen molar-refractivity contribution in [3.63, 3.8) is 0 Å². The molecule has 0 saturated heterocycles. The first-order valence-corrected chi connectivity index (χ1v) is 6.66. The van der Waals surface area contributed by atoms with Crippen molar-refractivity contribution in [2.24, 2.45) is 0 Å². The molecule has 4 heteroatoms. The Hall–Kier alpha value is -2.20. The van der Waals surface area contributed by atoms with Crippen LogP contribution in [0.3, 0.4) is 0 Å². The molecule has 0 saturated carbocycles. The van der Waals surface area contributed by atoms with Gasteiger partial charge in [0.05, 0.1) is 5.92 Å². The van der Waals surface area contributed by atoms with Crippen LogP contribution in [0.25, 0.3) is 11.1 Å². The molecule has 1 aliphatic rings. The van der Waals surface area contributed by atoms with Gasteiger partial charge < -0.3 is 9.73 Å². The van der Waals surface area contributed by atoms with Gasteiger partial charge in [0.25, 0.3) is 0 Å². The van der Waals surface area contributed by atoms with E-state index >= 15 is 0 Å². The standard InChI is InChI=1S/C16H13FN2O/c17-11-5-6-15-14(7-11)19-16(20-15)13-9-18-8-10-3-1-2-4-12(10)13/h1-7,13,18H,8-9H2. The Kier molecular flexibility index (Phi) is 2.57. The molecule has 1 N–H and O–H groups in total. The molecule has 2 aromatic carbocycles. The van der Waals surface area contributed by atoms with E-state index in [-0.39, 0.29) is 11.7 Å². The Bertz CT molecular complexity index is 781. The summed E-state index contributed by atoms with van der Waals surface area (Å²) in [5.74, 6) is 0.431. The molecule has 0 fully saturated rings. The zero-order chi connectivity index (χ0) is 13.5. The molecule has 2 heterocycles. The summed E-state index contributed by atoms with van der Waals surface area (Å²) in [6, 6.07) is 12.7. The first-order valence-electron chi connectivity index (χ1n) is 6.66. The van der Waals surface area contributed by atoms with Crippen molar-refractivity contribution in [2.75, 3.05) is 6.54 Å². The van der Waals surface area contributed by atoms with E-state index in [2.05, 4.69) is 22.4 Å². The molecule has 0 amide bonds. The summed E-state index contributed by atoms with van der Waals surface area (Å²) in [7, 11) is 0. The molecule has 4 rings (SSSR count). The number of hydrogen-bond donors (Lipinski definition) is 1. The average Bonchev–Trinajstić information content (AvgIpc) is 2.89. The van der Waals surface area contributed by atoms with E-state index in [1.165, 1.54) is 23.3 Å². The predicted molar refractivity (Wildman–Crippen MR) is 74.0 cm³/mol. The molecule has 0 radical (unpaired) electrons. The zero-order valence-corrected chi connectivity index (χ0v) is 10.8. The fourth-order valence-electron chi connectivity index (χ4n) is 2.78. The van der Waals surface area contributed by atoms with Gasteiger partial charge in [0.2, 0.25) is 5.89 Å². The molecule has 100 valence electrons. The normalized spacial score (nSPS) is 18.1. The maximum absolute atomic E-state index is 13.2. The largest absolute Gasteiger partial charge is 0.440 e. The first-order chi connectivity index (χ1) is 9.81. The highest BCUT2D eigenvalue weighted by Gasteiger charge is 2.25. The summed E-state index contributed by atoms with van der Waals surface area (Å²) in [4.78, 5) is 4.45. The molecule has 0 aliphatic carbocycles. The van der Waals surface area contributed by atoms with Crippen LogP contribution in [0.4, 0.5) is 4.39 Å². The molecule has 3 nitrogen and oxygen atoms in total. The number of fused-ring (bicyclic) bond motifs is 2. The zero-order valence-electron chi connectivity index (χ0n) is 10.8. The van der Waals surface area contributed by atoms with Gasteiger partial charge in [0.1, 0.15) is 11.3 Å². The number of aromatic nitrogens is 1. The van der Waals surface area contributed by atoms with Crippen LogP contribution in [0.5, 0.6) is 0 Å². The van der Waals surface area contributed by atoms with E-state index in [1.54, 1.807) is 6.07 Å². The number of oxazole rings is 1. The second kappa shape index (κ2) is 4.42. The van der Waals surface area contributed by atoms with Gasteiger partial charge >= 0.3 is 0 Å². The Labute approximate surface area is 115 Å². The van der Waals surface area contributed by atoms with Crippen LogP contribution in [0.15, 0.2) is 46.9 Å². The highest BCUT2D eigenvalue weighted by Crippen LogP contribution is 2.31. The summed E-state index contributed by atoms with van der Waals surface area (Å²) in [6.07, 6.45) is 0. The molecule has 3 aromatic rings. The van der Waals surface area contributed by atoms with Gasteiger partial charge in [-0.05, 0) is 23.3 Å². The summed E-state index contributed by atoms with van der Waals surface area (Å²) in [6.45, 7) is 1.65. The number of benzene rings is 2. The molecular formula is C16H13FN2O. The van der Waals surface area contributed by atoms with E-state index in [9.17, 15) is 4.39 Å². The molecule has 1 unspecified atom stereocenters. The second-order valence-electron chi connectivity index (χ2n) is 5.05. The van der Waals surface area contributed by atoms with Crippen LogP contribution in [-0.4, -0.2) is 11.5 Å². The lowest BCUT2D eigenvalue weighted by Gasteiger charge is -2.23. The van der Waals surface area contributed by atoms with Gasteiger partial charge in [0, 0.05) is 19.2 Å². The summed E-state index contributed by atoms with van der Waals surface area (Å²) >= 11 is 0. The Morgan fingerprint density at radius 3 is 3.05 bits per heavy atom. The number of hydrogen-bond acceptors (Lipinski definition) is 3. The van der Waals surface area contributed by atoms with Crippen LogP contribution in [0.2, 0.25) is 0 Å². The molecule has 1 atom stereocenters. The highest BCUT2D eigenvalue weighted by atomic mass is 19.1. The highest BCUT2D eigenvalue weighted by molar-refractivity contribution is 5.72. The number of halogens is 1. The third kappa shape index (κ3) is 1.80. The van der Waals surface area contributed by atoms with E-state index in [0.717, 1.165) is 13.1 Å². The predicted octanol–water partition coefficient (Wildman–Crippen LogP) is 3.20. The molecule has 0 bridgehead atoms. The van der Waals surface area contributed by atoms with E-state index in [1.807, 2.05) is 12.1 Å². The van der Waals surface area contributed by atoms with Gasteiger partial charge in [-0.15, -0.1) is 0 Å². The van der Waals surface area contributed by atoms with Crippen molar-refractivity contribution in [3.8, 4) is 0 Å². The van der Waals surface area contributed by atoms with Crippen molar-refractivity contribution in [2.45, 2.75) is 12.5 Å². The van der Waals surface area contributed by atoms with E-state index in [0.29, 0.717) is 17.0 Å². The lowest BCUT2D eigenvalue weighted by molar-refractivity contribution is 0.464. The van der Waals surface area contributed by atoms with Gasteiger partial charge in [-0.3, -0.25) is 0 Å². The first kappa shape index (κ1) is 11.6. The van der Waals surface area contributed by atoms with Crippen molar-refractivity contribution in [1.29, 1.82) is 0 Å². The van der Waals surface area contributed by atoms with Crippen molar-refractivity contribution >= 4 is 11.1 Å². The Morgan fingerprint density at radius 1 is 1.20 bits per heavy atom. The number of rotatable bonds is 1. The van der Waals surface area contributed by atoms with Crippen molar-refractivity contribution in [3.05, 3.63) is 65.3 Å². The number of nitrogens with zero attached hydrogens (tertiary/aromatic N) is 1. The quantitative estimate of drug-likeness (QED) is 0.736. The maximum atomic E-state index is 13.2. The minimum Gasteiger partial charge on any atom is -0.440 e.